The van der Waals surface area contributed by atoms with Crippen LogP contribution in [-0.4, -0.2) is 67.5 Å². The SMILES string of the molecule is O=C(/C=C/c1ccc(Br)cc1)c1ccc(-n2cc(CN3CCN(c4cc5c(cc4F)c(=O)c(C(=O)O)cn5C4CC4)CC3)nn2)cc1. The number of piperazine rings is 1. The summed E-state index contributed by atoms with van der Waals surface area (Å²) in [6.07, 6.45) is 8.39. The van der Waals surface area contributed by atoms with Crippen molar-refractivity contribution in [2.75, 3.05) is 31.1 Å². The van der Waals surface area contributed by atoms with Crippen LogP contribution in [0.4, 0.5) is 10.1 Å². The number of benzene rings is 3. The lowest BCUT2D eigenvalue weighted by Crippen LogP contribution is -2.46. The Labute approximate surface area is 277 Å². The first kappa shape index (κ1) is 30.7. The minimum Gasteiger partial charge on any atom is -0.477 e. The largest absolute Gasteiger partial charge is 0.477 e. The van der Waals surface area contributed by atoms with E-state index in [1.807, 2.05) is 52.1 Å². The molecule has 2 aliphatic rings. The molecule has 10 nitrogen and oxygen atoms in total. The number of fused-ring (bicyclic) bond motifs is 1. The number of hydrogen-bond donors (Lipinski definition) is 1. The fourth-order valence-electron chi connectivity index (χ4n) is 5.90. The van der Waals surface area contributed by atoms with Gasteiger partial charge in [-0.05, 0) is 73.0 Å². The van der Waals surface area contributed by atoms with Gasteiger partial charge in [0.25, 0.3) is 0 Å². The maximum atomic E-state index is 15.4. The number of pyridine rings is 1. The zero-order valence-electron chi connectivity index (χ0n) is 25.2. The second-order valence-electron chi connectivity index (χ2n) is 11.8. The third-order valence-corrected chi connectivity index (χ3v) is 9.15. The third kappa shape index (κ3) is 6.51. The van der Waals surface area contributed by atoms with Crippen molar-refractivity contribution in [2.45, 2.75) is 25.4 Å². The predicted octanol–water partition coefficient (Wildman–Crippen LogP) is 5.74. The molecular formula is C35H30BrFN6O4. The second kappa shape index (κ2) is 12.7. The van der Waals surface area contributed by atoms with E-state index in [0.29, 0.717) is 49.5 Å². The number of hydrogen-bond acceptors (Lipinski definition) is 7. The van der Waals surface area contributed by atoms with Crippen LogP contribution in [-0.2, 0) is 6.54 Å². The quantitative estimate of drug-likeness (QED) is 0.154. The van der Waals surface area contributed by atoms with E-state index in [1.54, 1.807) is 35.0 Å². The molecule has 2 fully saturated rings. The summed E-state index contributed by atoms with van der Waals surface area (Å²) in [5.74, 6) is -1.94. The van der Waals surface area contributed by atoms with Crippen molar-refractivity contribution in [2.24, 2.45) is 0 Å². The predicted molar refractivity (Wildman–Crippen MR) is 180 cm³/mol. The molecule has 47 heavy (non-hydrogen) atoms. The Morgan fingerprint density at radius 3 is 2.38 bits per heavy atom. The Balaban J connectivity index is 0.987. The van der Waals surface area contributed by atoms with Gasteiger partial charge in [-0.25, -0.2) is 13.9 Å². The van der Waals surface area contributed by atoms with E-state index in [9.17, 15) is 19.5 Å². The van der Waals surface area contributed by atoms with E-state index in [0.717, 1.165) is 34.3 Å². The summed E-state index contributed by atoms with van der Waals surface area (Å²) >= 11 is 3.41. The highest BCUT2D eigenvalue weighted by atomic mass is 79.9. The first-order chi connectivity index (χ1) is 22.7. The van der Waals surface area contributed by atoms with Crippen molar-refractivity contribution in [1.82, 2.24) is 24.5 Å². The number of carboxylic acid groups (broad SMARTS) is 1. The second-order valence-corrected chi connectivity index (χ2v) is 12.8. The number of rotatable bonds is 9. The lowest BCUT2D eigenvalue weighted by molar-refractivity contribution is 0.0694. The van der Waals surface area contributed by atoms with E-state index in [1.165, 1.54) is 12.3 Å². The third-order valence-electron chi connectivity index (χ3n) is 8.62. The number of aromatic nitrogens is 4. The van der Waals surface area contributed by atoms with Crippen molar-refractivity contribution in [3.05, 3.63) is 122 Å². The Morgan fingerprint density at radius 2 is 1.70 bits per heavy atom. The van der Waals surface area contributed by atoms with Crippen LogP contribution in [0.1, 0.15) is 50.9 Å². The Kier molecular flexibility index (Phi) is 8.29. The fraction of sp³-hybridized carbons (Fsp3) is 0.229. The maximum Gasteiger partial charge on any atom is 0.341 e. The van der Waals surface area contributed by atoms with Crippen molar-refractivity contribution in [3.63, 3.8) is 0 Å². The zero-order chi connectivity index (χ0) is 32.7. The highest BCUT2D eigenvalue weighted by Gasteiger charge is 2.28. The number of carbonyl (C=O) groups is 2. The van der Waals surface area contributed by atoms with Crippen LogP contribution in [0.2, 0.25) is 0 Å². The van der Waals surface area contributed by atoms with Gasteiger partial charge >= 0.3 is 5.97 Å². The van der Waals surface area contributed by atoms with Gasteiger partial charge < -0.3 is 14.6 Å². The standard InChI is InChI=1S/C35H30BrFN6O4/c36-24-6-1-22(2-7-24)3-12-33(44)23-4-8-27(9-5-23)43-20-25(38-39-43)19-40-13-15-41(16-14-40)32-18-31-28(17-30(32)37)34(45)29(35(46)47)21-42(31)26-10-11-26/h1-9,12,17-18,20-21,26H,10-11,13-16,19H2,(H,46,47)/b12-3+. The molecule has 1 aliphatic carbocycles. The molecule has 0 radical (unpaired) electrons. The smallest absolute Gasteiger partial charge is 0.341 e. The number of aromatic carboxylic acids is 1. The molecule has 12 heteroatoms. The van der Waals surface area contributed by atoms with Gasteiger partial charge in [0.15, 0.2) is 5.78 Å². The minimum atomic E-state index is -1.31. The molecule has 7 rings (SSSR count). The number of nitrogens with zero attached hydrogens (tertiary/aromatic N) is 6. The summed E-state index contributed by atoms with van der Waals surface area (Å²) in [4.78, 5) is 41.3. The number of anilines is 1. The van der Waals surface area contributed by atoms with Gasteiger partial charge in [0.1, 0.15) is 11.4 Å². The van der Waals surface area contributed by atoms with Gasteiger partial charge in [0.2, 0.25) is 5.43 Å². The van der Waals surface area contributed by atoms with Crippen LogP contribution >= 0.6 is 15.9 Å². The normalized spacial score (nSPS) is 15.5. The van der Waals surface area contributed by atoms with E-state index in [2.05, 4.69) is 31.1 Å². The van der Waals surface area contributed by atoms with Crippen LogP contribution in [0.25, 0.3) is 22.7 Å². The van der Waals surface area contributed by atoms with Crippen LogP contribution < -0.4 is 10.3 Å². The van der Waals surface area contributed by atoms with E-state index in [4.69, 9.17) is 0 Å². The van der Waals surface area contributed by atoms with Gasteiger partial charge in [0, 0.05) is 60.4 Å². The summed E-state index contributed by atoms with van der Waals surface area (Å²) in [6, 6.07) is 17.9. The molecule has 2 aromatic heterocycles. The zero-order valence-corrected chi connectivity index (χ0v) is 26.8. The van der Waals surface area contributed by atoms with E-state index < -0.39 is 17.2 Å². The van der Waals surface area contributed by atoms with E-state index >= 15 is 4.39 Å². The van der Waals surface area contributed by atoms with Crippen molar-refractivity contribution < 1.29 is 19.1 Å². The topological polar surface area (TPSA) is 114 Å². The molecule has 0 spiro atoms. The summed E-state index contributed by atoms with van der Waals surface area (Å²) in [6.45, 7) is 3.06. The highest BCUT2D eigenvalue weighted by Crippen LogP contribution is 2.38. The number of carboxylic acids is 1. The molecular weight excluding hydrogens is 667 g/mol. The molecule has 3 heterocycles. The molecule has 1 N–H and O–H groups in total. The average Bonchev–Trinajstić information content (AvgIpc) is 3.82. The van der Waals surface area contributed by atoms with Gasteiger partial charge in [0.05, 0.1) is 28.8 Å². The Hall–Kier alpha value is -4.94. The number of allylic oxidation sites excluding steroid dienone is 1. The molecule has 0 amide bonds. The van der Waals surface area contributed by atoms with Gasteiger partial charge in [-0.1, -0.05) is 39.4 Å². The molecule has 0 atom stereocenters. The summed E-state index contributed by atoms with van der Waals surface area (Å²) in [7, 11) is 0. The minimum absolute atomic E-state index is 0.0916. The number of halogens is 2. The van der Waals surface area contributed by atoms with E-state index in [-0.39, 0.29) is 22.8 Å². The van der Waals surface area contributed by atoms with Crippen molar-refractivity contribution >= 4 is 50.3 Å². The molecule has 3 aromatic carbocycles. The van der Waals surface area contributed by atoms with Crippen LogP contribution in [0, 0.1) is 5.82 Å². The van der Waals surface area contributed by atoms with Crippen LogP contribution in [0.15, 0.2) is 88.4 Å². The highest BCUT2D eigenvalue weighted by molar-refractivity contribution is 9.10. The van der Waals surface area contributed by atoms with Crippen molar-refractivity contribution in [3.8, 4) is 5.69 Å². The first-order valence-corrected chi connectivity index (χ1v) is 16.1. The van der Waals surface area contributed by atoms with Gasteiger partial charge in [-0.15, -0.1) is 5.10 Å². The average molecular weight is 698 g/mol. The van der Waals surface area contributed by atoms with Crippen molar-refractivity contribution in [1.29, 1.82) is 0 Å². The molecule has 0 unspecified atom stereocenters. The lowest BCUT2D eigenvalue weighted by atomic mass is 10.1. The Bertz CT molecular complexity index is 2080. The summed E-state index contributed by atoms with van der Waals surface area (Å²) in [5.41, 5.74) is 3.05. The number of carbonyl (C=O) groups excluding carboxylic acids is 1. The molecule has 1 saturated heterocycles. The fourth-order valence-corrected chi connectivity index (χ4v) is 6.17. The molecule has 1 saturated carbocycles. The monoisotopic (exact) mass is 696 g/mol. The van der Waals surface area contributed by atoms with Gasteiger partial charge in [-0.2, -0.15) is 0 Å². The van der Waals surface area contributed by atoms with Crippen LogP contribution in [0.5, 0.6) is 0 Å². The molecule has 0 bridgehead atoms. The van der Waals surface area contributed by atoms with Crippen LogP contribution in [0.3, 0.4) is 0 Å². The molecule has 5 aromatic rings. The molecule has 238 valence electrons. The maximum absolute atomic E-state index is 15.4. The lowest BCUT2D eigenvalue weighted by Gasteiger charge is -2.36. The van der Waals surface area contributed by atoms with Gasteiger partial charge in [-0.3, -0.25) is 14.5 Å². The summed E-state index contributed by atoms with van der Waals surface area (Å²) < 4.78 is 19.8. The Morgan fingerprint density at radius 1 is 0.979 bits per heavy atom. The summed E-state index contributed by atoms with van der Waals surface area (Å²) in [5, 5.41) is 18.2. The first-order valence-electron chi connectivity index (χ1n) is 15.3. The number of ketones is 1. The molecule has 1 aliphatic heterocycles.